The Bertz CT molecular complexity index is 913. The second-order valence-electron chi connectivity index (χ2n) is 7.51. The third-order valence-electron chi connectivity index (χ3n) is 5.64. The van der Waals surface area contributed by atoms with Crippen molar-refractivity contribution < 1.29 is 9.53 Å². The highest BCUT2D eigenvalue weighted by molar-refractivity contribution is 5.78. The Morgan fingerprint density at radius 1 is 0.931 bits per heavy atom. The molecule has 0 saturated carbocycles. The molecule has 3 nitrogen and oxygen atoms in total. The van der Waals surface area contributed by atoms with Crippen LogP contribution in [-0.2, 0) is 17.8 Å². The molecule has 0 fully saturated rings. The van der Waals surface area contributed by atoms with Gasteiger partial charge >= 0.3 is 0 Å². The second-order valence-corrected chi connectivity index (χ2v) is 7.51. The SMILES string of the molecule is CCOc1ccc2c(c1)CN(C(=O)CC(c1ccccc1)c1ccccc1)CC2. The Morgan fingerprint density at radius 2 is 1.59 bits per heavy atom. The predicted octanol–water partition coefficient (Wildman–Crippen LogP) is 5.19. The molecule has 3 aromatic carbocycles. The van der Waals surface area contributed by atoms with Crippen LogP contribution in [0.1, 0.15) is 41.5 Å². The highest BCUT2D eigenvalue weighted by atomic mass is 16.5. The van der Waals surface area contributed by atoms with E-state index in [-0.39, 0.29) is 11.8 Å². The number of fused-ring (bicyclic) bond motifs is 1. The number of hydrogen-bond donors (Lipinski definition) is 0. The van der Waals surface area contributed by atoms with E-state index in [1.807, 2.05) is 54.3 Å². The van der Waals surface area contributed by atoms with Gasteiger partial charge in [0.15, 0.2) is 0 Å². The van der Waals surface area contributed by atoms with E-state index < -0.39 is 0 Å². The third-order valence-corrected chi connectivity index (χ3v) is 5.64. The molecule has 4 rings (SSSR count). The molecule has 148 valence electrons. The molecule has 3 aromatic rings. The number of nitrogens with zero attached hydrogens (tertiary/aromatic N) is 1. The summed E-state index contributed by atoms with van der Waals surface area (Å²) in [5.41, 5.74) is 4.89. The van der Waals surface area contributed by atoms with Crippen LogP contribution in [0.5, 0.6) is 5.75 Å². The van der Waals surface area contributed by atoms with E-state index in [4.69, 9.17) is 4.74 Å². The molecule has 1 heterocycles. The Labute approximate surface area is 172 Å². The van der Waals surface area contributed by atoms with Crippen molar-refractivity contribution >= 4 is 5.91 Å². The van der Waals surface area contributed by atoms with Crippen LogP contribution in [0.4, 0.5) is 0 Å². The van der Waals surface area contributed by atoms with Gasteiger partial charge in [0, 0.05) is 25.4 Å². The van der Waals surface area contributed by atoms with Gasteiger partial charge in [-0.05, 0) is 47.7 Å². The fourth-order valence-electron chi connectivity index (χ4n) is 4.11. The summed E-state index contributed by atoms with van der Waals surface area (Å²) in [5.74, 6) is 1.16. The third kappa shape index (κ3) is 4.51. The zero-order valence-corrected chi connectivity index (χ0v) is 16.9. The van der Waals surface area contributed by atoms with Crippen molar-refractivity contribution in [2.45, 2.75) is 32.2 Å². The average molecular weight is 386 g/mol. The van der Waals surface area contributed by atoms with Gasteiger partial charge in [-0.25, -0.2) is 0 Å². The lowest BCUT2D eigenvalue weighted by Crippen LogP contribution is -2.36. The molecule has 0 N–H and O–H groups in total. The van der Waals surface area contributed by atoms with Gasteiger partial charge in [-0.1, -0.05) is 66.7 Å². The summed E-state index contributed by atoms with van der Waals surface area (Å²) in [6.45, 7) is 4.07. The molecule has 1 amide bonds. The highest BCUT2D eigenvalue weighted by Crippen LogP contribution is 2.30. The van der Waals surface area contributed by atoms with E-state index in [0.717, 1.165) is 18.7 Å². The van der Waals surface area contributed by atoms with Gasteiger partial charge in [0.25, 0.3) is 0 Å². The lowest BCUT2D eigenvalue weighted by atomic mass is 9.88. The Kier molecular flexibility index (Phi) is 5.95. The van der Waals surface area contributed by atoms with Gasteiger partial charge in [0.1, 0.15) is 5.75 Å². The summed E-state index contributed by atoms with van der Waals surface area (Å²) in [6, 6.07) is 26.9. The maximum Gasteiger partial charge on any atom is 0.223 e. The molecule has 3 heteroatoms. The van der Waals surface area contributed by atoms with Crippen LogP contribution < -0.4 is 4.74 Å². The van der Waals surface area contributed by atoms with Crippen LogP contribution in [-0.4, -0.2) is 24.0 Å². The van der Waals surface area contributed by atoms with Crippen LogP contribution in [0.15, 0.2) is 78.9 Å². The first-order chi connectivity index (χ1) is 14.2. The molecule has 1 aliphatic heterocycles. The maximum atomic E-state index is 13.3. The minimum Gasteiger partial charge on any atom is -0.494 e. The van der Waals surface area contributed by atoms with Crippen molar-refractivity contribution in [2.24, 2.45) is 0 Å². The highest BCUT2D eigenvalue weighted by Gasteiger charge is 2.25. The van der Waals surface area contributed by atoms with Gasteiger partial charge < -0.3 is 9.64 Å². The summed E-state index contributed by atoms with van der Waals surface area (Å²) in [6.07, 6.45) is 1.38. The summed E-state index contributed by atoms with van der Waals surface area (Å²) in [5, 5.41) is 0. The van der Waals surface area contributed by atoms with E-state index in [0.29, 0.717) is 19.6 Å². The molecular formula is C26H27NO2. The monoisotopic (exact) mass is 385 g/mol. The lowest BCUT2D eigenvalue weighted by Gasteiger charge is -2.31. The minimum atomic E-state index is 0.0704. The average Bonchev–Trinajstić information content (AvgIpc) is 2.78. The molecule has 29 heavy (non-hydrogen) atoms. The molecular weight excluding hydrogens is 358 g/mol. The molecule has 0 spiro atoms. The van der Waals surface area contributed by atoms with E-state index in [2.05, 4.69) is 36.4 Å². The number of carbonyl (C=O) groups excluding carboxylic acids is 1. The molecule has 1 aliphatic rings. The van der Waals surface area contributed by atoms with Crippen molar-refractivity contribution in [1.29, 1.82) is 0 Å². The standard InChI is InChI=1S/C26H27NO2/c1-2-29-24-14-13-20-15-16-27(19-23(20)17-24)26(28)18-25(21-9-5-3-6-10-21)22-11-7-4-8-12-22/h3-14,17,25H,2,15-16,18-19H2,1H3. The first-order valence-electron chi connectivity index (χ1n) is 10.4. The summed E-state index contributed by atoms with van der Waals surface area (Å²) >= 11 is 0. The number of hydrogen-bond acceptors (Lipinski definition) is 2. The predicted molar refractivity (Wildman–Crippen MR) is 116 cm³/mol. The number of benzene rings is 3. The summed E-state index contributed by atoms with van der Waals surface area (Å²) < 4.78 is 5.64. The zero-order valence-electron chi connectivity index (χ0n) is 16.9. The first kappa shape index (κ1) is 19.3. The van der Waals surface area contributed by atoms with Gasteiger partial charge in [-0.2, -0.15) is 0 Å². The molecule has 0 radical (unpaired) electrons. The van der Waals surface area contributed by atoms with Crippen LogP contribution in [0, 0.1) is 0 Å². The van der Waals surface area contributed by atoms with E-state index in [1.54, 1.807) is 0 Å². The molecule has 0 bridgehead atoms. The van der Waals surface area contributed by atoms with E-state index >= 15 is 0 Å². The molecule has 0 aromatic heterocycles. The molecule has 0 aliphatic carbocycles. The van der Waals surface area contributed by atoms with Crippen molar-refractivity contribution in [3.63, 3.8) is 0 Å². The fraction of sp³-hybridized carbons (Fsp3) is 0.269. The van der Waals surface area contributed by atoms with Gasteiger partial charge in [0.05, 0.1) is 6.61 Å². The van der Waals surface area contributed by atoms with Gasteiger partial charge in [-0.15, -0.1) is 0 Å². The van der Waals surface area contributed by atoms with Crippen LogP contribution in [0.25, 0.3) is 0 Å². The van der Waals surface area contributed by atoms with Gasteiger partial charge in [0.2, 0.25) is 5.91 Å². The topological polar surface area (TPSA) is 29.5 Å². The quantitative estimate of drug-likeness (QED) is 0.584. The van der Waals surface area contributed by atoms with Crippen LogP contribution >= 0.6 is 0 Å². The van der Waals surface area contributed by atoms with Gasteiger partial charge in [-0.3, -0.25) is 4.79 Å². The summed E-state index contributed by atoms with van der Waals surface area (Å²) in [7, 11) is 0. The fourth-order valence-corrected chi connectivity index (χ4v) is 4.11. The van der Waals surface area contributed by atoms with Crippen molar-refractivity contribution in [2.75, 3.05) is 13.2 Å². The van der Waals surface area contributed by atoms with E-state index in [1.165, 1.54) is 22.3 Å². The molecule has 0 unspecified atom stereocenters. The maximum absolute atomic E-state index is 13.3. The Hall–Kier alpha value is -3.07. The van der Waals surface area contributed by atoms with Crippen molar-refractivity contribution in [1.82, 2.24) is 4.90 Å². The largest absolute Gasteiger partial charge is 0.494 e. The normalized spacial score (nSPS) is 13.2. The molecule has 0 saturated heterocycles. The first-order valence-corrected chi connectivity index (χ1v) is 10.4. The number of carbonyl (C=O) groups is 1. The smallest absolute Gasteiger partial charge is 0.223 e. The second kappa shape index (κ2) is 8.95. The zero-order chi connectivity index (χ0) is 20.1. The van der Waals surface area contributed by atoms with E-state index in [9.17, 15) is 4.79 Å². The number of ether oxygens (including phenoxy) is 1. The Balaban J connectivity index is 1.53. The Morgan fingerprint density at radius 3 is 2.21 bits per heavy atom. The summed E-state index contributed by atoms with van der Waals surface area (Å²) in [4.78, 5) is 15.3. The number of amides is 1. The molecule has 0 atom stereocenters. The van der Waals surface area contributed by atoms with Crippen molar-refractivity contribution in [3.8, 4) is 5.75 Å². The minimum absolute atomic E-state index is 0.0704. The van der Waals surface area contributed by atoms with Crippen LogP contribution in [0.3, 0.4) is 0 Å². The number of rotatable bonds is 6. The van der Waals surface area contributed by atoms with Crippen molar-refractivity contribution in [3.05, 3.63) is 101 Å². The van der Waals surface area contributed by atoms with Crippen LogP contribution in [0.2, 0.25) is 0 Å². The lowest BCUT2D eigenvalue weighted by molar-refractivity contribution is -0.132.